The molecule has 1 fully saturated rings. The second-order valence-electron chi connectivity index (χ2n) is 6.18. The maximum Gasteiger partial charge on any atom is 0.292 e. The van der Waals surface area contributed by atoms with E-state index in [2.05, 4.69) is 12.0 Å². The summed E-state index contributed by atoms with van der Waals surface area (Å²) in [5.74, 6) is -0.946. The molecule has 1 atom stereocenters. The molecule has 1 saturated heterocycles. The summed E-state index contributed by atoms with van der Waals surface area (Å²) in [6.45, 7) is 3.82. The van der Waals surface area contributed by atoms with Crippen LogP contribution in [0, 0.1) is 17.6 Å². The molecular weight excluding hydrogens is 336 g/mol. The van der Waals surface area contributed by atoms with Crippen molar-refractivity contribution in [2.24, 2.45) is 5.92 Å². The quantitative estimate of drug-likeness (QED) is 0.824. The fourth-order valence-corrected chi connectivity index (χ4v) is 3.22. The molecule has 1 aliphatic heterocycles. The summed E-state index contributed by atoms with van der Waals surface area (Å²) < 4.78 is 27.8. The number of anilines is 1. The molecule has 2 heterocycles. The standard InChI is InChI=1S/C17H18ClF2N3O/c1-11-3-2-7-22(8-6-11)15-10-21-23(17(24)16(15)18)14-5-4-12(19)9-13(14)20/h4-5,9-11H,2-3,6-8H2,1H3. The monoisotopic (exact) mass is 353 g/mol. The molecule has 4 nitrogen and oxygen atoms in total. The van der Waals surface area contributed by atoms with Gasteiger partial charge in [0.25, 0.3) is 5.56 Å². The summed E-state index contributed by atoms with van der Waals surface area (Å²) in [6, 6.07) is 2.95. The van der Waals surface area contributed by atoms with E-state index in [1.54, 1.807) is 0 Å². The zero-order chi connectivity index (χ0) is 17.3. The molecule has 0 amide bonds. The second-order valence-corrected chi connectivity index (χ2v) is 6.56. The van der Waals surface area contributed by atoms with Crippen LogP contribution >= 0.6 is 11.6 Å². The minimum atomic E-state index is -0.864. The second kappa shape index (κ2) is 6.89. The summed E-state index contributed by atoms with van der Waals surface area (Å²) >= 11 is 6.24. The molecule has 128 valence electrons. The molecule has 24 heavy (non-hydrogen) atoms. The van der Waals surface area contributed by atoms with Crippen LogP contribution in [0.3, 0.4) is 0 Å². The summed E-state index contributed by atoms with van der Waals surface area (Å²) in [4.78, 5) is 14.5. The largest absolute Gasteiger partial charge is 0.369 e. The van der Waals surface area contributed by atoms with Gasteiger partial charge in [-0.25, -0.2) is 8.78 Å². The number of halogens is 3. The van der Waals surface area contributed by atoms with Crippen molar-refractivity contribution in [1.82, 2.24) is 9.78 Å². The van der Waals surface area contributed by atoms with Crippen molar-refractivity contribution in [3.05, 3.63) is 51.4 Å². The van der Waals surface area contributed by atoms with E-state index in [-0.39, 0.29) is 10.7 Å². The van der Waals surface area contributed by atoms with E-state index in [0.717, 1.165) is 43.1 Å². The van der Waals surface area contributed by atoms with Crippen LogP contribution in [0.5, 0.6) is 0 Å². The number of aromatic nitrogens is 2. The molecule has 0 spiro atoms. The Morgan fingerprint density at radius 3 is 2.75 bits per heavy atom. The van der Waals surface area contributed by atoms with Crippen molar-refractivity contribution >= 4 is 17.3 Å². The minimum absolute atomic E-state index is 0.00304. The zero-order valence-electron chi connectivity index (χ0n) is 13.3. The van der Waals surface area contributed by atoms with Crippen LogP contribution in [0.2, 0.25) is 5.02 Å². The number of hydrogen-bond acceptors (Lipinski definition) is 3. The highest BCUT2D eigenvalue weighted by atomic mass is 35.5. The third-order valence-electron chi connectivity index (χ3n) is 4.40. The van der Waals surface area contributed by atoms with Gasteiger partial charge in [0, 0.05) is 19.2 Å². The summed E-state index contributed by atoms with van der Waals surface area (Å²) in [5, 5.41) is 4.04. The van der Waals surface area contributed by atoms with E-state index in [0.29, 0.717) is 17.7 Å². The Balaban J connectivity index is 1.98. The Morgan fingerprint density at radius 1 is 1.21 bits per heavy atom. The van der Waals surface area contributed by atoms with Crippen molar-refractivity contribution in [3.8, 4) is 5.69 Å². The number of benzene rings is 1. The van der Waals surface area contributed by atoms with Crippen molar-refractivity contribution < 1.29 is 8.78 Å². The predicted molar refractivity (Wildman–Crippen MR) is 90.0 cm³/mol. The van der Waals surface area contributed by atoms with Gasteiger partial charge in [0.2, 0.25) is 0 Å². The average molecular weight is 354 g/mol. The third kappa shape index (κ3) is 3.29. The Hall–Kier alpha value is -1.95. The molecule has 1 aromatic carbocycles. The van der Waals surface area contributed by atoms with E-state index >= 15 is 0 Å². The number of hydrogen-bond donors (Lipinski definition) is 0. The maximum absolute atomic E-state index is 13.9. The molecule has 3 rings (SSSR count). The van der Waals surface area contributed by atoms with Crippen molar-refractivity contribution in [1.29, 1.82) is 0 Å². The Morgan fingerprint density at radius 2 is 2.00 bits per heavy atom. The highest BCUT2D eigenvalue weighted by Gasteiger charge is 2.20. The van der Waals surface area contributed by atoms with Crippen LogP contribution in [-0.4, -0.2) is 22.9 Å². The van der Waals surface area contributed by atoms with Crippen LogP contribution in [-0.2, 0) is 0 Å². The molecule has 0 saturated carbocycles. The minimum Gasteiger partial charge on any atom is -0.369 e. The fraction of sp³-hybridized carbons (Fsp3) is 0.412. The predicted octanol–water partition coefficient (Wildman–Crippen LogP) is 3.79. The molecule has 1 unspecified atom stereocenters. The van der Waals surface area contributed by atoms with Gasteiger partial charge in [-0.15, -0.1) is 0 Å². The first-order chi connectivity index (χ1) is 11.5. The molecule has 0 aliphatic carbocycles. The van der Waals surface area contributed by atoms with E-state index in [4.69, 9.17) is 11.6 Å². The van der Waals surface area contributed by atoms with Gasteiger partial charge < -0.3 is 4.90 Å². The number of nitrogens with zero attached hydrogens (tertiary/aromatic N) is 3. The van der Waals surface area contributed by atoms with Crippen LogP contribution in [0.15, 0.2) is 29.2 Å². The molecule has 1 aromatic heterocycles. The first-order valence-electron chi connectivity index (χ1n) is 7.95. The Kier molecular flexibility index (Phi) is 4.85. The lowest BCUT2D eigenvalue weighted by Crippen LogP contribution is -2.30. The summed E-state index contributed by atoms with van der Waals surface area (Å²) in [6.07, 6.45) is 4.65. The topological polar surface area (TPSA) is 38.1 Å². The van der Waals surface area contributed by atoms with E-state index in [1.165, 1.54) is 12.3 Å². The fourth-order valence-electron chi connectivity index (χ4n) is 2.97. The molecule has 0 radical (unpaired) electrons. The maximum atomic E-state index is 13.9. The lowest BCUT2D eigenvalue weighted by molar-refractivity contribution is 0.521. The first kappa shape index (κ1) is 16.9. The Labute approximate surface area is 143 Å². The highest BCUT2D eigenvalue weighted by Crippen LogP contribution is 2.26. The van der Waals surface area contributed by atoms with Gasteiger partial charge in [0.1, 0.15) is 16.5 Å². The molecular formula is C17H18ClF2N3O. The summed E-state index contributed by atoms with van der Waals surface area (Å²) in [5.41, 5.74) is -0.175. The van der Waals surface area contributed by atoms with Gasteiger partial charge in [-0.05, 0) is 37.3 Å². The zero-order valence-corrected chi connectivity index (χ0v) is 14.1. The van der Waals surface area contributed by atoms with E-state index in [1.807, 2.05) is 4.90 Å². The average Bonchev–Trinajstić information content (AvgIpc) is 2.75. The van der Waals surface area contributed by atoms with Crippen LogP contribution < -0.4 is 10.5 Å². The highest BCUT2D eigenvalue weighted by molar-refractivity contribution is 6.33. The van der Waals surface area contributed by atoms with Gasteiger partial charge in [0.05, 0.1) is 11.9 Å². The normalized spacial score (nSPS) is 18.5. The number of rotatable bonds is 2. The molecule has 7 heteroatoms. The lowest BCUT2D eigenvalue weighted by atomic mass is 10.0. The van der Waals surface area contributed by atoms with Gasteiger partial charge >= 0.3 is 0 Å². The van der Waals surface area contributed by atoms with Crippen LogP contribution in [0.4, 0.5) is 14.5 Å². The van der Waals surface area contributed by atoms with Gasteiger partial charge in [-0.1, -0.05) is 18.5 Å². The van der Waals surface area contributed by atoms with Gasteiger partial charge in [0.15, 0.2) is 5.82 Å². The summed E-state index contributed by atoms with van der Waals surface area (Å²) in [7, 11) is 0. The van der Waals surface area contributed by atoms with E-state index in [9.17, 15) is 13.6 Å². The van der Waals surface area contributed by atoms with Crippen molar-refractivity contribution in [2.75, 3.05) is 18.0 Å². The third-order valence-corrected chi connectivity index (χ3v) is 4.75. The van der Waals surface area contributed by atoms with Crippen molar-refractivity contribution in [2.45, 2.75) is 26.2 Å². The molecule has 2 aromatic rings. The lowest BCUT2D eigenvalue weighted by Gasteiger charge is -2.23. The van der Waals surface area contributed by atoms with Crippen LogP contribution in [0.1, 0.15) is 26.2 Å². The Bertz CT molecular complexity index is 809. The SMILES string of the molecule is CC1CCCN(c2cnn(-c3ccc(F)cc3F)c(=O)c2Cl)CC1. The molecule has 0 bridgehead atoms. The molecule has 0 N–H and O–H groups in total. The van der Waals surface area contributed by atoms with Crippen molar-refractivity contribution in [3.63, 3.8) is 0 Å². The first-order valence-corrected chi connectivity index (χ1v) is 8.33. The molecule has 1 aliphatic rings. The van der Waals surface area contributed by atoms with Crippen LogP contribution in [0.25, 0.3) is 5.69 Å². The van der Waals surface area contributed by atoms with E-state index < -0.39 is 17.2 Å². The smallest absolute Gasteiger partial charge is 0.292 e. The van der Waals surface area contributed by atoms with Gasteiger partial charge in [-0.3, -0.25) is 4.79 Å². The van der Waals surface area contributed by atoms with Gasteiger partial charge in [-0.2, -0.15) is 9.78 Å².